The van der Waals surface area contributed by atoms with Gasteiger partial charge < -0.3 is 29.2 Å². The largest absolute Gasteiger partial charge is 0.573 e. The number of urea groups is 1. The van der Waals surface area contributed by atoms with Gasteiger partial charge in [0.25, 0.3) is 0 Å². The highest BCUT2D eigenvalue weighted by Gasteiger charge is 2.31. The molecule has 1 fully saturated rings. The van der Waals surface area contributed by atoms with Crippen LogP contribution in [0.3, 0.4) is 0 Å². The van der Waals surface area contributed by atoms with Crippen LogP contribution in [0.15, 0.2) is 72.0 Å². The van der Waals surface area contributed by atoms with E-state index >= 15 is 0 Å². The molecular formula is C35H36F6N6O6S. The standard InChI is InChI=1S/C22H22F3N5O4.C13H14F3NO2S/c1-4-14(2)27-21(31)28-18-10-5-15(11-19(18)33-13-32-3)20-26-12-30(29-20)16-6-8-17(9-7-16)34-22(23,24)25;1-9-2-3-10(5-19-7-13(14,15)16)11(4-9)17-8-20-6-12(17)18/h5-12H,4,13H2,1-3H3,(H,28,31);2-4H,5-8H2,1H3. The van der Waals surface area contributed by atoms with Gasteiger partial charge in [0.15, 0.2) is 12.6 Å². The summed E-state index contributed by atoms with van der Waals surface area (Å²) in [6.07, 6.45) is -7.05. The smallest absolute Gasteiger partial charge is 0.465 e. The highest BCUT2D eigenvalue weighted by atomic mass is 32.2. The van der Waals surface area contributed by atoms with Crippen molar-refractivity contribution in [1.82, 2.24) is 14.8 Å². The van der Waals surface area contributed by atoms with Crippen LogP contribution in [-0.4, -0.2) is 77.1 Å². The molecule has 0 saturated carbocycles. The van der Waals surface area contributed by atoms with Gasteiger partial charge in [0.05, 0.1) is 35.3 Å². The van der Waals surface area contributed by atoms with Crippen molar-refractivity contribution >= 4 is 40.8 Å². The van der Waals surface area contributed by atoms with E-state index in [9.17, 15) is 35.9 Å². The number of benzene rings is 3. The Morgan fingerprint density at radius 2 is 1.78 bits per heavy atom. The molecule has 2 heterocycles. The Morgan fingerprint density at radius 1 is 1.04 bits per heavy atom. The molecule has 0 spiro atoms. The maximum absolute atomic E-state index is 12.3. The fraction of sp³-hybridized carbons (Fsp3) is 0.343. The van der Waals surface area contributed by atoms with Gasteiger partial charge in [-0.25, -0.2) is 19.5 Å². The fourth-order valence-electron chi connectivity index (χ4n) is 4.62. The van der Waals surface area contributed by atoms with Crippen molar-refractivity contribution in [3.05, 3.63) is 78.1 Å². The highest BCUT2D eigenvalue weighted by Crippen LogP contribution is 2.32. The van der Waals surface area contributed by atoms with Gasteiger partial charge in [0, 0.05) is 23.9 Å². The Hall–Kier alpha value is -5.14. The van der Waals surface area contributed by atoms with Gasteiger partial charge in [0.1, 0.15) is 24.4 Å². The summed E-state index contributed by atoms with van der Waals surface area (Å²) < 4.78 is 93.8. The molecule has 4 aromatic rings. The molecule has 0 radical (unpaired) electrons. The molecule has 0 aliphatic carbocycles. The number of thioether (sulfide) groups is 1. The van der Waals surface area contributed by atoms with E-state index in [1.165, 1.54) is 54.1 Å². The summed E-state index contributed by atoms with van der Waals surface area (Å²) in [4.78, 5) is 33.7. The minimum Gasteiger partial charge on any atom is -0.465 e. The Morgan fingerprint density at radius 3 is 2.41 bits per heavy atom. The minimum atomic E-state index is -4.77. The van der Waals surface area contributed by atoms with Crippen molar-refractivity contribution in [1.29, 1.82) is 0 Å². The number of hydrogen-bond donors (Lipinski definition) is 1. The van der Waals surface area contributed by atoms with Gasteiger partial charge in [-0.1, -0.05) is 19.1 Å². The van der Waals surface area contributed by atoms with E-state index in [2.05, 4.69) is 29.9 Å². The first-order chi connectivity index (χ1) is 25.5. The minimum absolute atomic E-state index is 0.0299. The summed E-state index contributed by atoms with van der Waals surface area (Å²) in [6.45, 7) is 4.01. The van der Waals surface area contributed by atoms with Crippen molar-refractivity contribution in [2.24, 2.45) is 4.99 Å². The molecule has 1 aromatic heterocycles. The molecule has 3 aromatic carbocycles. The van der Waals surface area contributed by atoms with Crippen LogP contribution in [-0.2, 0) is 20.9 Å². The van der Waals surface area contributed by atoms with Crippen molar-refractivity contribution in [2.75, 3.05) is 42.4 Å². The lowest BCUT2D eigenvalue weighted by atomic mass is 10.1. The number of alkyl halides is 6. The zero-order chi connectivity index (χ0) is 39.5. The zero-order valence-electron chi connectivity index (χ0n) is 29.5. The Kier molecular flexibility index (Phi) is 14.5. The molecule has 19 heteroatoms. The summed E-state index contributed by atoms with van der Waals surface area (Å²) in [6, 6.07) is 14.9. The van der Waals surface area contributed by atoms with Crippen LogP contribution in [0.4, 0.5) is 42.5 Å². The third-order valence-corrected chi connectivity index (χ3v) is 8.14. The zero-order valence-corrected chi connectivity index (χ0v) is 30.3. The molecule has 1 N–H and O–H groups in total. The molecule has 1 aliphatic rings. The number of methoxy groups -OCH3 is 1. The molecule has 290 valence electrons. The van der Waals surface area contributed by atoms with Crippen LogP contribution in [0.2, 0.25) is 0 Å². The van der Waals surface area contributed by atoms with Gasteiger partial charge in [-0.15, -0.1) is 30.0 Å². The van der Waals surface area contributed by atoms with Crippen LogP contribution in [0, 0.1) is 6.92 Å². The molecule has 54 heavy (non-hydrogen) atoms. The molecule has 0 unspecified atom stereocenters. The summed E-state index contributed by atoms with van der Waals surface area (Å²) in [5.41, 5.74) is 4.31. The third-order valence-electron chi connectivity index (χ3n) is 7.25. The van der Waals surface area contributed by atoms with Crippen molar-refractivity contribution in [3.8, 4) is 28.6 Å². The molecule has 12 nitrogen and oxygen atoms in total. The summed E-state index contributed by atoms with van der Waals surface area (Å²) >= 11 is 1.48. The molecule has 0 bridgehead atoms. The summed E-state index contributed by atoms with van der Waals surface area (Å²) in [5, 5.41) is 7.03. The third kappa shape index (κ3) is 12.8. The summed E-state index contributed by atoms with van der Waals surface area (Å²) in [5.74, 6) is 1.20. The normalized spacial score (nSPS) is 13.4. The predicted molar refractivity (Wildman–Crippen MR) is 190 cm³/mol. The van der Waals surface area contributed by atoms with E-state index < -0.39 is 25.2 Å². The van der Waals surface area contributed by atoms with Crippen LogP contribution < -0.4 is 19.7 Å². The average molecular weight is 783 g/mol. The second-order valence-corrected chi connectivity index (χ2v) is 12.4. The average Bonchev–Trinajstić information content (AvgIpc) is 3.77. The van der Waals surface area contributed by atoms with Crippen molar-refractivity contribution < 1.29 is 54.9 Å². The maximum atomic E-state index is 12.3. The SMILES string of the molecule is CCC(C)=NC(=O)Nc1ccc(-c2ncn(-c3ccc(OC(F)(F)F)cc3)n2)cc1OCOC.Cc1ccc(COCC(F)(F)F)c(N2CSCC2=O)c1. The lowest BCUT2D eigenvalue weighted by Crippen LogP contribution is -2.26. The van der Waals surface area contributed by atoms with Crippen LogP contribution in [0.25, 0.3) is 17.1 Å². The topological polar surface area (TPSA) is 129 Å². The first kappa shape index (κ1) is 41.6. The number of carbonyl (C=O) groups is 2. The van der Waals surface area contributed by atoms with Gasteiger partial charge in [-0.3, -0.25) is 4.79 Å². The number of aryl methyl sites for hydroxylation is 1. The fourth-order valence-corrected chi connectivity index (χ4v) is 5.51. The number of rotatable bonds is 12. The summed E-state index contributed by atoms with van der Waals surface area (Å²) in [7, 11) is 1.46. The van der Waals surface area contributed by atoms with E-state index in [4.69, 9.17) is 9.47 Å². The second kappa shape index (κ2) is 18.8. The molecule has 1 saturated heterocycles. The molecule has 3 amide bonds. The van der Waals surface area contributed by atoms with Crippen molar-refractivity contribution in [2.45, 2.75) is 46.3 Å². The van der Waals surface area contributed by atoms with Gasteiger partial charge in [-0.2, -0.15) is 13.2 Å². The predicted octanol–water partition coefficient (Wildman–Crippen LogP) is 8.33. The number of amides is 3. The number of aliphatic imine (C=N–C) groups is 1. The van der Waals surface area contributed by atoms with Crippen LogP contribution in [0.5, 0.6) is 11.5 Å². The van der Waals surface area contributed by atoms with Gasteiger partial charge >= 0.3 is 18.6 Å². The molecule has 1 aliphatic heterocycles. The number of aromatic nitrogens is 3. The monoisotopic (exact) mass is 782 g/mol. The number of hydrogen-bond acceptors (Lipinski definition) is 9. The Labute approximate surface area is 310 Å². The Balaban J connectivity index is 0.000000276. The van der Waals surface area contributed by atoms with Crippen LogP contribution >= 0.6 is 11.8 Å². The number of nitrogens with one attached hydrogen (secondary N) is 1. The van der Waals surface area contributed by atoms with Crippen LogP contribution in [0.1, 0.15) is 31.4 Å². The van der Waals surface area contributed by atoms with E-state index in [-0.39, 0.29) is 25.1 Å². The van der Waals surface area contributed by atoms with Gasteiger partial charge in [0.2, 0.25) is 5.91 Å². The molecule has 0 atom stereocenters. The van der Waals surface area contributed by atoms with Crippen molar-refractivity contribution in [3.63, 3.8) is 0 Å². The molecule has 5 rings (SSSR count). The first-order valence-electron chi connectivity index (χ1n) is 16.1. The van der Waals surface area contributed by atoms with E-state index in [0.29, 0.717) is 63.5 Å². The number of ether oxygens (including phenoxy) is 4. The van der Waals surface area contributed by atoms with E-state index in [1.807, 2.05) is 13.8 Å². The lowest BCUT2D eigenvalue weighted by molar-refractivity contribution is -0.274. The highest BCUT2D eigenvalue weighted by molar-refractivity contribution is 8.00. The number of halogens is 6. The quantitative estimate of drug-likeness (QED) is 0.0857. The lowest BCUT2D eigenvalue weighted by Gasteiger charge is -2.20. The number of nitrogens with zero attached hydrogens (tertiary/aromatic N) is 5. The number of anilines is 2. The van der Waals surface area contributed by atoms with Gasteiger partial charge in [-0.05, 0) is 74.4 Å². The second-order valence-electron chi connectivity index (χ2n) is 11.5. The van der Waals surface area contributed by atoms with E-state index in [1.54, 1.807) is 48.2 Å². The van der Waals surface area contributed by atoms with E-state index in [0.717, 1.165) is 5.56 Å². The maximum Gasteiger partial charge on any atom is 0.573 e. The molecular weight excluding hydrogens is 746 g/mol. The first-order valence-corrected chi connectivity index (χ1v) is 17.2. The number of carbonyl (C=O) groups excluding carboxylic acids is 2. The Bertz CT molecular complexity index is 1920.